The minimum Gasteiger partial charge on any atom is -0.342 e. The molecule has 0 aromatic rings. The lowest BCUT2D eigenvalue weighted by atomic mass is 9.80. The van der Waals surface area contributed by atoms with E-state index in [1.165, 1.54) is 38.5 Å². The number of rotatable bonds is 5. The van der Waals surface area contributed by atoms with Crippen molar-refractivity contribution in [3.05, 3.63) is 0 Å². The molecular formula is C14H26N2O. The third-order valence-corrected chi connectivity index (χ3v) is 4.46. The Morgan fingerprint density at radius 1 is 1.24 bits per heavy atom. The molecule has 17 heavy (non-hydrogen) atoms. The SMILES string of the molecule is CC1CCCCC1CNCC(=O)N(C)C1CC1. The first-order valence-corrected chi connectivity index (χ1v) is 7.15. The van der Waals surface area contributed by atoms with Crippen LogP contribution >= 0.6 is 0 Å². The van der Waals surface area contributed by atoms with E-state index in [4.69, 9.17) is 0 Å². The Kier molecular flexibility index (Phi) is 4.43. The number of hydrogen-bond donors (Lipinski definition) is 1. The summed E-state index contributed by atoms with van der Waals surface area (Å²) in [6.45, 7) is 3.89. The van der Waals surface area contributed by atoms with Gasteiger partial charge in [0, 0.05) is 13.1 Å². The van der Waals surface area contributed by atoms with Gasteiger partial charge in [-0.2, -0.15) is 0 Å². The van der Waals surface area contributed by atoms with Crippen molar-refractivity contribution in [3.63, 3.8) is 0 Å². The standard InChI is InChI=1S/C14H26N2O/c1-11-5-3-4-6-12(11)9-15-10-14(17)16(2)13-7-8-13/h11-13,15H,3-10H2,1-2H3. The fraction of sp³-hybridized carbons (Fsp3) is 0.929. The fourth-order valence-electron chi connectivity index (χ4n) is 2.85. The van der Waals surface area contributed by atoms with Gasteiger partial charge in [0.25, 0.3) is 0 Å². The van der Waals surface area contributed by atoms with E-state index in [1.807, 2.05) is 11.9 Å². The van der Waals surface area contributed by atoms with Crippen LogP contribution in [-0.4, -0.2) is 37.0 Å². The van der Waals surface area contributed by atoms with Crippen molar-refractivity contribution in [3.8, 4) is 0 Å². The van der Waals surface area contributed by atoms with Crippen LogP contribution in [0.15, 0.2) is 0 Å². The zero-order chi connectivity index (χ0) is 12.3. The second kappa shape index (κ2) is 5.85. The summed E-state index contributed by atoms with van der Waals surface area (Å²) < 4.78 is 0. The second-order valence-electron chi connectivity index (χ2n) is 5.89. The average Bonchev–Trinajstić information content (AvgIpc) is 3.14. The maximum atomic E-state index is 11.8. The maximum absolute atomic E-state index is 11.8. The lowest BCUT2D eigenvalue weighted by Crippen LogP contribution is -2.39. The molecule has 2 unspecified atom stereocenters. The van der Waals surface area contributed by atoms with Crippen molar-refractivity contribution in [1.29, 1.82) is 0 Å². The maximum Gasteiger partial charge on any atom is 0.236 e. The summed E-state index contributed by atoms with van der Waals surface area (Å²) >= 11 is 0. The molecule has 0 saturated heterocycles. The highest BCUT2D eigenvalue weighted by Crippen LogP contribution is 2.29. The van der Waals surface area contributed by atoms with Crippen LogP contribution in [0.1, 0.15) is 45.4 Å². The van der Waals surface area contributed by atoms with Crippen molar-refractivity contribution in [2.75, 3.05) is 20.1 Å². The quantitative estimate of drug-likeness (QED) is 0.795. The molecule has 2 fully saturated rings. The van der Waals surface area contributed by atoms with Gasteiger partial charge in [0.15, 0.2) is 0 Å². The Bertz CT molecular complexity index is 263. The van der Waals surface area contributed by atoms with Gasteiger partial charge in [-0.15, -0.1) is 0 Å². The molecule has 3 nitrogen and oxygen atoms in total. The summed E-state index contributed by atoms with van der Waals surface area (Å²) in [6.07, 6.45) is 7.85. The van der Waals surface area contributed by atoms with E-state index in [9.17, 15) is 4.79 Å². The van der Waals surface area contributed by atoms with Gasteiger partial charge in [-0.05, 0) is 37.6 Å². The molecule has 2 atom stereocenters. The Morgan fingerprint density at radius 2 is 1.94 bits per heavy atom. The largest absolute Gasteiger partial charge is 0.342 e. The normalized spacial score (nSPS) is 29.1. The molecule has 1 N–H and O–H groups in total. The summed E-state index contributed by atoms with van der Waals surface area (Å²) in [5.41, 5.74) is 0. The molecule has 0 aromatic carbocycles. The van der Waals surface area contributed by atoms with Gasteiger partial charge >= 0.3 is 0 Å². The zero-order valence-corrected chi connectivity index (χ0v) is 11.2. The molecule has 0 aliphatic heterocycles. The van der Waals surface area contributed by atoms with E-state index in [1.54, 1.807) is 0 Å². The predicted octanol–water partition coefficient (Wildman–Crippen LogP) is 2.02. The van der Waals surface area contributed by atoms with E-state index < -0.39 is 0 Å². The topological polar surface area (TPSA) is 32.3 Å². The van der Waals surface area contributed by atoms with Crippen LogP contribution in [0, 0.1) is 11.8 Å². The molecule has 2 rings (SSSR count). The van der Waals surface area contributed by atoms with Crippen LogP contribution < -0.4 is 5.32 Å². The van der Waals surface area contributed by atoms with Gasteiger partial charge < -0.3 is 10.2 Å². The van der Waals surface area contributed by atoms with Crippen LogP contribution in [0.5, 0.6) is 0 Å². The Hall–Kier alpha value is -0.570. The molecule has 0 radical (unpaired) electrons. The molecule has 2 aliphatic rings. The number of carbonyl (C=O) groups excluding carboxylic acids is 1. The highest BCUT2D eigenvalue weighted by atomic mass is 16.2. The molecule has 98 valence electrons. The molecule has 0 spiro atoms. The predicted molar refractivity (Wildman–Crippen MR) is 69.8 cm³/mol. The van der Waals surface area contributed by atoms with Crippen molar-refractivity contribution < 1.29 is 4.79 Å². The van der Waals surface area contributed by atoms with Crippen molar-refractivity contribution in [2.45, 2.75) is 51.5 Å². The second-order valence-corrected chi connectivity index (χ2v) is 5.89. The van der Waals surface area contributed by atoms with Gasteiger partial charge in [-0.3, -0.25) is 4.79 Å². The van der Waals surface area contributed by atoms with Gasteiger partial charge in [-0.25, -0.2) is 0 Å². The van der Waals surface area contributed by atoms with E-state index >= 15 is 0 Å². The van der Waals surface area contributed by atoms with Gasteiger partial charge in [0.1, 0.15) is 0 Å². The highest BCUT2D eigenvalue weighted by Gasteiger charge is 2.29. The molecule has 0 heterocycles. The Morgan fingerprint density at radius 3 is 2.59 bits per heavy atom. The van der Waals surface area contributed by atoms with Gasteiger partial charge in [-0.1, -0.05) is 26.2 Å². The minimum atomic E-state index is 0.260. The Labute approximate surface area is 105 Å². The summed E-state index contributed by atoms with van der Waals surface area (Å²) in [6, 6.07) is 0.540. The van der Waals surface area contributed by atoms with E-state index in [0.717, 1.165) is 18.4 Å². The average molecular weight is 238 g/mol. The number of nitrogens with one attached hydrogen (secondary N) is 1. The van der Waals surface area contributed by atoms with Crippen LogP contribution in [0.4, 0.5) is 0 Å². The molecule has 2 saturated carbocycles. The molecule has 2 aliphatic carbocycles. The summed E-state index contributed by atoms with van der Waals surface area (Å²) in [5, 5.41) is 3.36. The van der Waals surface area contributed by atoms with Gasteiger partial charge in [0.2, 0.25) is 5.91 Å². The number of carbonyl (C=O) groups is 1. The third-order valence-electron chi connectivity index (χ3n) is 4.46. The number of nitrogens with zero attached hydrogens (tertiary/aromatic N) is 1. The van der Waals surface area contributed by atoms with E-state index in [0.29, 0.717) is 12.6 Å². The van der Waals surface area contributed by atoms with E-state index in [-0.39, 0.29) is 5.91 Å². The summed E-state index contributed by atoms with van der Waals surface area (Å²) in [4.78, 5) is 13.7. The smallest absolute Gasteiger partial charge is 0.236 e. The van der Waals surface area contributed by atoms with Crippen molar-refractivity contribution in [1.82, 2.24) is 10.2 Å². The molecule has 3 heteroatoms. The molecule has 0 aromatic heterocycles. The first-order chi connectivity index (χ1) is 8.18. The van der Waals surface area contributed by atoms with Crippen LogP contribution in [0.25, 0.3) is 0 Å². The van der Waals surface area contributed by atoms with Gasteiger partial charge in [0.05, 0.1) is 6.54 Å². The van der Waals surface area contributed by atoms with Crippen LogP contribution in [-0.2, 0) is 4.79 Å². The minimum absolute atomic E-state index is 0.260. The van der Waals surface area contributed by atoms with E-state index in [2.05, 4.69) is 12.2 Å². The van der Waals surface area contributed by atoms with Crippen molar-refractivity contribution in [2.24, 2.45) is 11.8 Å². The molecule has 0 bridgehead atoms. The highest BCUT2D eigenvalue weighted by molar-refractivity contribution is 5.78. The lowest BCUT2D eigenvalue weighted by Gasteiger charge is -2.29. The summed E-state index contributed by atoms with van der Waals surface area (Å²) in [5.74, 6) is 1.87. The fourth-order valence-corrected chi connectivity index (χ4v) is 2.85. The monoisotopic (exact) mass is 238 g/mol. The summed E-state index contributed by atoms with van der Waals surface area (Å²) in [7, 11) is 1.94. The molecule has 1 amide bonds. The number of hydrogen-bond acceptors (Lipinski definition) is 2. The zero-order valence-electron chi connectivity index (χ0n) is 11.2. The lowest BCUT2D eigenvalue weighted by molar-refractivity contribution is -0.129. The Balaban J connectivity index is 1.62. The van der Waals surface area contributed by atoms with Crippen LogP contribution in [0.2, 0.25) is 0 Å². The first kappa shape index (κ1) is 12.9. The first-order valence-electron chi connectivity index (χ1n) is 7.15. The van der Waals surface area contributed by atoms with Crippen molar-refractivity contribution >= 4 is 5.91 Å². The van der Waals surface area contributed by atoms with Crippen LogP contribution in [0.3, 0.4) is 0 Å². The molecular weight excluding hydrogens is 212 g/mol. The number of likely N-dealkylation sites (N-methyl/N-ethyl adjacent to an activating group) is 1. The number of amides is 1. The third kappa shape index (κ3) is 3.70.